The Bertz CT molecular complexity index is 465. The van der Waals surface area contributed by atoms with Crippen LogP contribution in [0.25, 0.3) is 0 Å². The fraction of sp³-hybridized carbons (Fsp3) is 0.600. The number of anilines is 1. The van der Waals surface area contributed by atoms with Gasteiger partial charge in [0.2, 0.25) is 0 Å². The Morgan fingerprint density at radius 1 is 1.37 bits per heavy atom. The summed E-state index contributed by atoms with van der Waals surface area (Å²) in [6.45, 7) is 2.82. The van der Waals surface area contributed by atoms with Gasteiger partial charge < -0.3 is 15.3 Å². The van der Waals surface area contributed by atoms with Crippen LogP contribution in [0.5, 0.6) is 0 Å². The summed E-state index contributed by atoms with van der Waals surface area (Å²) in [5.74, 6) is 1.11. The third kappa shape index (κ3) is 2.47. The Labute approximate surface area is 119 Å². The summed E-state index contributed by atoms with van der Waals surface area (Å²) >= 11 is 6.32. The van der Waals surface area contributed by atoms with Crippen molar-refractivity contribution in [2.75, 3.05) is 25.0 Å². The minimum absolute atomic E-state index is 0.103. The SMILES string of the molecule is CNCc1ccc(N2CC3CCC(O)C3C2)cc1Cl. The van der Waals surface area contributed by atoms with Crippen LogP contribution in [0.15, 0.2) is 18.2 Å². The highest BCUT2D eigenvalue weighted by Gasteiger charge is 2.41. The summed E-state index contributed by atoms with van der Waals surface area (Å²) in [6.07, 6.45) is 2.04. The lowest BCUT2D eigenvalue weighted by atomic mass is 10.00. The Morgan fingerprint density at radius 3 is 2.89 bits per heavy atom. The fourth-order valence-electron chi connectivity index (χ4n) is 3.51. The van der Waals surface area contributed by atoms with Gasteiger partial charge in [0.05, 0.1) is 6.10 Å². The first-order valence-electron chi connectivity index (χ1n) is 7.05. The molecule has 2 fully saturated rings. The number of halogens is 1. The van der Waals surface area contributed by atoms with E-state index in [1.54, 1.807) is 0 Å². The van der Waals surface area contributed by atoms with E-state index in [0.717, 1.165) is 43.1 Å². The number of aliphatic hydroxyl groups is 1. The quantitative estimate of drug-likeness (QED) is 0.892. The number of benzene rings is 1. The third-order valence-corrected chi connectivity index (χ3v) is 4.94. The maximum atomic E-state index is 9.97. The molecule has 0 spiro atoms. The van der Waals surface area contributed by atoms with Gasteiger partial charge in [-0.05, 0) is 43.5 Å². The molecule has 104 valence electrons. The van der Waals surface area contributed by atoms with Crippen LogP contribution in [-0.4, -0.2) is 31.3 Å². The van der Waals surface area contributed by atoms with Crippen molar-refractivity contribution in [2.45, 2.75) is 25.5 Å². The first-order valence-corrected chi connectivity index (χ1v) is 7.43. The molecule has 3 atom stereocenters. The van der Waals surface area contributed by atoms with Crippen LogP contribution in [-0.2, 0) is 6.54 Å². The average molecular weight is 281 g/mol. The van der Waals surface area contributed by atoms with Crippen LogP contribution in [0.1, 0.15) is 18.4 Å². The van der Waals surface area contributed by atoms with E-state index in [-0.39, 0.29) is 6.10 Å². The molecule has 1 aliphatic heterocycles. The van der Waals surface area contributed by atoms with Crippen LogP contribution >= 0.6 is 11.6 Å². The second-order valence-electron chi connectivity index (χ2n) is 5.78. The lowest BCUT2D eigenvalue weighted by Gasteiger charge is -2.21. The standard InChI is InChI=1S/C15H21ClN2O/c1-17-7-10-2-4-12(6-14(10)16)18-8-11-3-5-15(19)13(11)9-18/h2,4,6,11,13,15,17,19H,3,5,7-9H2,1H3. The highest BCUT2D eigenvalue weighted by molar-refractivity contribution is 6.31. The number of nitrogens with one attached hydrogen (secondary N) is 1. The molecule has 3 rings (SSSR count). The van der Waals surface area contributed by atoms with E-state index in [4.69, 9.17) is 11.6 Å². The summed E-state index contributed by atoms with van der Waals surface area (Å²) in [4.78, 5) is 2.37. The molecule has 1 aliphatic carbocycles. The van der Waals surface area contributed by atoms with E-state index < -0.39 is 0 Å². The summed E-state index contributed by atoms with van der Waals surface area (Å²) < 4.78 is 0. The zero-order chi connectivity index (χ0) is 13.4. The van der Waals surface area contributed by atoms with Gasteiger partial charge in [-0.2, -0.15) is 0 Å². The van der Waals surface area contributed by atoms with Crippen LogP contribution in [0, 0.1) is 11.8 Å². The smallest absolute Gasteiger partial charge is 0.0588 e. The molecule has 1 saturated heterocycles. The average Bonchev–Trinajstić information content (AvgIpc) is 2.95. The summed E-state index contributed by atoms with van der Waals surface area (Å²) in [5.41, 5.74) is 2.32. The molecule has 0 amide bonds. The molecule has 3 unspecified atom stereocenters. The molecule has 0 bridgehead atoms. The molecular formula is C15H21ClN2O. The van der Waals surface area contributed by atoms with E-state index in [9.17, 15) is 5.11 Å². The van der Waals surface area contributed by atoms with Crippen LogP contribution in [0.4, 0.5) is 5.69 Å². The lowest BCUT2D eigenvalue weighted by molar-refractivity contribution is 0.133. The van der Waals surface area contributed by atoms with Crippen LogP contribution in [0.2, 0.25) is 5.02 Å². The Balaban J connectivity index is 1.75. The topological polar surface area (TPSA) is 35.5 Å². The minimum atomic E-state index is -0.103. The van der Waals surface area contributed by atoms with E-state index in [0.29, 0.717) is 11.8 Å². The maximum absolute atomic E-state index is 9.97. The number of rotatable bonds is 3. The Kier molecular flexibility index (Phi) is 3.70. The lowest BCUT2D eigenvalue weighted by Crippen LogP contribution is -2.24. The molecule has 1 heterocycles. The molecular weight excluding hydrogens is 260 g/mol. The molecule has 1 aromatic carbocycles. The summed E-state index contributed by atoms with van der Waals surface area (Å²) in [6, 6.07) is 6.30. The Hall–Kier alpha value is -0.770. The monoisotopic (exact) mass is 280 g/mol. The molecule has 0 aromatic heterocycles. The zero-order valence-electron chi connectivity index (χ0n) is 11.3. The summed E-state index contributed by atoms with van der Waals surface area (Å²) in [5, 5.41) is 13.9. The highest BCUT2D eigenvalue weighted by atomic mass is 35.5. The Morgan fingerprint density at radius 2 is 2.21 bits per heavy atom. The molecule has 19 heavy (non-hydrogen) atoms. The van der Waals surface area contributed by atoms with Gasteiger partial charge in [-0.1, -0.05) is 17.7 Å². The fourth-order valence-corrected chi connectivity index (χ4v) is 3.76. The van der Waals surface area contributed by atoms with Crippen molar-refractivity contribution in [2.24, 2.45) is 11.8 Å². The molecule has 2 aliphatic rings. The van der Waals surface area contributed by atoms with Crippen LogP contribution < -0.4 is 10.2 Å². The third-order valence-electron chi connectivity index (χ3n) is 4.59. The van der Waals surface area contributed by atoms with Gasteiger partial charge in [0.25, 0.3) is 0 Å². The van der Waals surface area contributed by atoms with Gasteiger partial charge >= 0.3 is 0 Å². The molecule has 0 radical (unpaired) electrons. The van der Waals surface area contributed by atoms with Crippen molar-refractivity contribution in [3.63, 3.8) is 0 Å². The van der Waals surface area contributed by atoms with Crippen molar-refractivity contribution in [3.05, 3.63) is 28.8 Å². The number of nitrogens with zero attached hydrogens (tertiary/aromatic N) is 1. The van der Waals surface area contributed by atoms with Gasteiger partial charge in [0, 0.05) is 36.3 Å². The predicted octanol–water partition coefficient (Wildman–Crippen LogP) is 2.27. The van der Waals surface area contributed by atoms with Crippen molar-refractivity contribution < 1.29 is 5.11 Å². The molecule has 1 aromatic rings. The second-order valence-corrected chi connectivity index (χ2v) is 6.19. The number of hydrogen-bond acceptors (Lipinski definition) is 3. The van der Waals surface area contributed by atoms with E-state index in [1.807, 2.05) is 7.05 Å². The number of aliphatic hydroxyl groups excluding tert-OH is 1. The molecule has 3 nitrogen and oxygen atoms in total. The summed E-state index contributed by atoms with van der Waals surface area (Å²) in [7, 11) is 1.92. The highest BCUT2D eigenvalue weighted by Crippen LogP contribution is 2.40. The van der Waals surface area contributed by atoms with Gasteiger partial charge in [0.1, 0.15) is 0 Å². The second kappa shape index (κ2) is 5.31. The maximum Gasteiger partial charge on any atom is 0.0588 e. The van der Waals surface area contributed by atoms with Gasteiger partial charge in [-0.15, -0.1) is 0 Å². The normalized spacial score (nSPS) is 29.8. The zero-order valence-corrected chi connectivity index (χ0v) is 12.0. The van der Waals surface area contributed by atoms with Gasteiger partial charge in [-0.25, -0.2) is 0 Å². The van der Waals surface area contributed by atoms with Crippen molar-refractivity contribution >= 4 is 17.3 Å². The minimum Gasteiger partial charge on any atom is -0.393 e. The van der Waals surface area contributed by atoms with Crippen molar-refractivity contribution in [3.8, 4) is 0 Å². The van der Waals surface area contributed by atoms with Crippen molar-refractivity contribution in [1.82, 2.24) is 5.32 Å². The number of hydrogen-bond donors (Lipinski definition) is 2. The van der Waals surface area contributed by atoms with Gasteiger partial charge in [0.15, 0.2) is 0 Å². The number of fused-ring (bicyclic) bond motifs is 1. The van der Waals surface area contributed by atoms with Crippen molar-refractivity contribution in [1.29, 1.82) is 0 Å². The van der Waals surface area contributed by atoms with Gasteiger partial charge in [-0.3, -0.25) is 0 Å². The first kappa shape index (κ1) is 13.2. The predicted molar refractivity (Wildman–Crippen MR) is 78.6 cm³/mol. The molecule has 1 saturated carbocycles. The first-order chi connectivity index (χ1) is 9.19. The van der Waals surface area contributed by atoms with Crippen LogP contribution in [0.3, 0.4) is 0 Å². The molecule has 2 N–H and O–H groups in total. The molecule has 4 heteroatoms. The van der Waals surface area contributed by atoms with E-state index in [1.165, 1.54) is 5.69 Å². The largest absolute Gasteiger partial charge is 0.393 e. The van der Waals surface area contributed by atoms with E-state index >= 15 is 0 Å². The van der Waals surface area contributed by atoms with E-state index in [2.05, 4.69) is 28.4 Å².